The highest BCUT2D eigenvalue weighted by Crippen LogP contribution is 2.25. The number of hydrogen-bond donors (Lipinski definition) is 1. The number of nitrogens with zero attached hydrogens (tertiary/aromatic N) is 3. The summed E-state index contributed by atoms with van der Waals surface area (Å²) in [6, 6.07) is 10.6. The molecule has 0 aliphatic rings. The molecule has 2 rings (SSSR count). The molecule has 0 aliphatic heterocycles. The molecule has 17 heavy (non-hydrogen) atoms. The normalized spacial score (nSPS) is 11.0. The molecule has 90 valence electrons. The van der Waals surface area contributed by atoms with Crippen LogP contribution in [0.3, 0.4) is 0 Å². The Balaban J connectivity index is 2.09. The van der Waals surface area contributed by atoms with E-state index >= 15 is 0 Å². The highest BCUT2D eigenvalue weighted by Gasteiger charge is 2.12. The molecule has 0 saturated carbocycles. The van der Waals surface area contributed by atoms with E-state index in [1.54, 1.807) is 11.8 Å². The van der Waals surface area contributed by atoms with E-state index in [-0.39, 0.29) is 6.04 Å². The lowest BCUT2D eigenvalue weighted by Crippen LogP contribution is -2.06. The van der Waals surface area contributed by atoms with E-state index in [0.29, 0.717) is 5.95 Å². The van der Waals surface area contributed by atoms with Crippen molar-refractivity contribution in [1.29, 1.82) is 0 Å². The largest absolute Gasteiger partial charge is 0.368 e. The van der Waals surface area contributed by atoms with Gasteiger partial charge in [-0.25, -0.2) is 0 Å². The van der Waals surface area contributed by atoms with Gasteiger partial charge in [-0.2, -0.15) is 0 Å². The van der Waals surface area contributed by atoms with Crippen LogP contribution in [0.4, 0.5) is 5.95 Å². The minimum atomic E-state index is 0.281. The number of nitrogen functional groups attached to an aromatic ring is 1. The first-order valence-electron chi connectivity index (χ1n) is 5.55. The fraction of sp³-hybridized carbons (Fsp3) is 0.333. The first kappa shape index (κ1) is 12.0. The van der Waals surface area contributed by atoms with Crippen LogP contribution in [-0.2, 0) is 5.75 Å². The summed E-state index contributed by atoms with van der Waals surface area (Å²) in [4.78, 5) is 0. The third kappa shape index (κ3) is 2.79. The summed E-state index contributed by atoms with van der Waals surface area (Å²) in [5.41, 5.74) is 7.06. The number of anilines is 1. The minimum Gasteiger partial charge on any atom is -0.368 e. The minimum absolute atomic E-state index is 0.281. The number of hydrogen-bond acceptors (Lipinski definition) is 4. The predicted octanol–water partition coefficient (Wildman–Crippen LogP) is 2.73. The standard InChI is InChI=1S/C12H16N4S/c1-9(2)16-11(13)14-15-12(16)17-8-10-6-4-3-5-7-10/h3-7,9H,8H2,1-2H3,(H2,13,14). The second kappa shape index (κ2) is 5.23. The molecule has 0 unspecified atom stereocenters. The van der Waals surface area contributed by atoms with Crippen molar-refractivity contribution < 1.29 is 0 Å². The summed E-state index contributed by atoms with van der Waals surface area (Å²) in [6.07, 6.45) is 0. The average Bonchev–Trinajstić information content (AvgIpc) is 2.69. The van der Waals surface area contributed by atoms with Crippen molar-refractivity contribution >= 4 is 17.7 Å². The molecule has 2 N–H and O–H groups in total. The molecule has 5 heteroatoms. The van der Waals surface area contributed by atoms with Crippen molar-refractivity contribution in [3.8, 4) is 0 Å². The molecule has 0 aliphatic carbocycles. The molecule has 0 amide bonds. The molecule has 0 saturated heterocycles. The van der Waals surface area contributed by atoms with E-state index in [1.807, 2.05) is 22.8 Å². The molecular weight excluding hydrogens is 232 g/mol. The SMILES string of the molecule is CC(C)n1c(N)nnc1SCc1ccccc1. The van der Waals surface area contributed by atoms with Gasteiger partial charge in [0.2, 0.25) is 5.95 Å². The van der Waals surface area contributed by atoms with Gasteiger partial charge < -0.3 is 5.73 Å². The Morgan fingerprint density at radius 3 is 2.59 bits per heavy atom. The topological polar surface area (TPSA) is 56.7 Å². The molecule has 0 radical (unpaired) electrons. The third-order valence-electron chi connectivity index (χ3n) is 2.42. The summed E-state index contributed by atoms with van der Waals surface area (Å²) < 4.78 is 1.95. The quantitative estimate of drug-likeness (QED) is 0.845. The Labute approximate surface area is 105 Å². The van der Waals surface area contributed by atoms with Crippen molar-refractivity contribution in [1.82, 2.24) is 14.8 Å². The fourth-order valence-electron chi connectivity index (χ4n) is 1.59. The molecule has 0 bridgehead atoms. The Hall–Kier alpha value is -1.49. The third-order valence-corrected chi connectivity index (χ3v) is 3.43. The van der Waals surface area contributed by atoms with Crippen molar-refractivity contribution in [2.75, 3.05) is 5.73 Å². The zero-order chi connectivity index (χ0) is 12.3. The van der Waals surface area contributed by atoms with E-state index < -0.39 is 0 Å². The van der Waals surface area contributed by atoms with Crippen LogP contribution in [0, 0.1) is 0 Å². The monoisotopic (exact) mass is 248 g/mol. The summed E-state index contributed by atoms with van der Waals surface area (Å²) in [6.45, 7) is 4.15. The van der Waals surface area contributed by atoms with Gasteiger partial charge in [0.15, 0.2) is 5.16 Å². The number of thioether (sulfide) groups is 1. The molecule has 4 nitrogen and oxygen atoms in total. The zero-order valence-electron chi connectivity index (χ0n) is 10.00. The number of aromatic nitrogens is 3. The Bertz CT molecular complexity index is 479. The van der Waals surface area contributed by atoms with E-state index in [9.17, 15) is 0 Å². The van der Waals surface area contributed by atoms with E-state index in [4.69, 9.17) is 5.73 Å². The zero-order valence-corrected chi connectivity index (χ0v) is 10.8. The lowest BCUT2D eigenvalue weighted by Gasteiger charge is -2.11. The van der Waals surface area contributed by atoms with Gasteiger partial charge in [-0.15, -0.1) is 10.2 Å². The molecule has 0 atom stereocenters. The molecule has 1 aromatic carbocycles. The van der Waals surface area contributed by atoms with E-state index in [1.165, 1.54) is 5.56 Å². The molecule has 1 heterocycles. The summed E-state index contributed by atoms with van der Waals surface area (Å²) in [5, 5.41) is 8.90. The molecule has 1 aromatic heterocycles. The van der Waals surface area contributed by atoms with Crippen LogP contribution >= 0.6 is 11.8 Å². The van der Waals surface area contributed by atoms with Gasteiger partial charge in [-0.1, -0.05) is 42.1 Å². The maximum atomic E-state index is 5.79. The molecule has 2 aromatic rings. The molecule has 0 spiro atoms. The van der Waals surface area contributed by atoms with Crippen molar-refractivity contribution in [2.45, 2.75) is 30.8 Å². The van der Waals surface area contributed by atoms with Gasteiger partial charge in [0.05, 0.1) is 0 Å². The van der Waals surface area contributed by atoms with Crippen LogP contribution in [0.1, 0.15) is 25.5 Å². The first-order chi connectivity index (χ1) is 8.18. The van der Waals surface area contributed by atoms with Gasteiger partial charge >= 0.3 is 0 Å². The average molecular weight is 248 g/mol. The van der Waals surface area contributed by atoms with Crippen LogP contribution < -0.4 is 5.73 Å². The highest BCUT2D eigenvalue weighted by atomic mass is 32.2. The number of rotatable bonds is 4. The maximum absolute atomic E-state index is 5.79. The van der Waals surface area contributed by atoms with Gasteiger partial charge in [0.1, 0.15) is 0 Å². The highest BCUT2D eigenvalue weighted by molar-refractivity contribution is 7.98. The predicted molar refractivity (Wildman–Crippen MR) is 70.8 cm³/mol. The number of benzene rings is 1. The van der Waals surface area contributed by atoms with Crippen LogP contribution in [-0.4, -0.2) is 14.8 Å². The van der Waals surface area contributed by atoms with Gasteiger partial charge in [-0.3, -0.25) is 4.57 Å². The van der Waals surface area contributed by atoms with Crippen LogP contribution in [0.2, 0.25) is 0 Å². The molecule has 0 fully saturated rings. The summed E-state index contributed by atoms with van der Waals surface area (Å²) in [7, 11) is 0. The second-order valence-electron chi connectivity index (χ2n) is 4.08. The fourth-order valence-corrected chi connectivity index (χ4v) is 2.62. The van der Waals surface area contributed by atoms with Crippen molar-refractivity contribution in [3.63, 3.8) is 0 Å². The Morgan fingerprint density at radius 1 is 1.24 bits per heavy atom. The summed E-state index contributed by atoms with van der Waals surface area (Å²) in [5.74, 6) is 1.36. The van der Waals surface area contributed by atoms with E-state index in [0.717, 1.165) is 10.9 Å². The Kier molecular flexibility index (Phi) is 3.68. The number of nitrogens with two attached hydrogens (primary N) is 1. The van der Waals surface area contributed by atoms with Crippen LogP contribution in [0.25, 0.3) is 0 Å². The second-order valence-corrected chi connectivity index (χ2v) is 5.02. The lowest BCUT2D eigenvalue weighted by molar-refractivity contribution is 0.557. The summed E-state index contributed by atoms with van der Waals surface area (Å²) >= 11 is 1.66. The van der Waals surface area contributed by atoms with Crippen molar-refractivity contribution in [3.05, 3.63) is 35.9 Å². The van der Waals surface area contributed by atoms with E-state index in [2.05, 4.69) is 36.2 Å². The molecular formula is C12H16N4S. The van der Waals surface area contributed by atoms with Crippen molar-refractivity contribution in [2.24, 2.45) is 0 Å². The van der Waals surface area contributed by atoms with Gasteiger partial charge in [-0.05, 0) is 19.4 Å². The Morgan fingerprint density at radius 2 is 1.94 bits per heavy atom. The first-order valence-corrected chi connectivity index (χ1v) is 6.54. The van der Waals surface area contributed by atoms with Gasteiger partial charge in [0, 0.05) is 11.8 Å². The smallest absolute Gasteiger partial charge is 0.222 e. The maximum Gasteiger partial charge on any atom is 0.222 e. The van der Waals surface area contributed by atoms with Crippen LogP contribution in [0.15, 0.2) is 35.5 Å². The van der Waals surface area contributed by atoms with Gasteiger partial charge in [0.25, 0.3) is 0 Å². The lowest BCUT2D eigenvalue weighted by atomic mass is 10.2. The van der Waals surface area contributed by atoms with Crippen LogP contribution in [0.5, 0.6) is 0 Å².